The second-order valence-corrected chi connectivity index (χ2v) is 34.0. The van der Waals surface area contributed by atoms with Gasteiger partial charge in [0.05, 0.1) is 6.04 Å². The number of benzene rings is 3. The molecule has 32 heteroatoms. The molecule has 0 heterocycles. The molecular formula is C90H154N20O12. The second kappa shape index (κ2) is 58.9. The summed E-state index contributed by atoms with van der Waals surface area (Å²) >= 11 is 0. The van der Waals surface area contributed by atoms with Crippen molar-refractivity contribution in [2.75, 3.05) is 45.8 Å². The summed E-state index contributed by atoms with van der Waals surface area (Å²) in [5.41, 5.74) is 50.5. The zero-order chi connectivity index (χ0) is 90.6. The van der Waals surface area contributed by atoms with Crippen molar-refractivity contribution in [2.24, 2.45) is 69.4 Å². The van der Waals surface area contributed by atoms with Crippen molar-refractivity contribution in [1.29, 1.82) is 0 Å². The summed E-state index contributed by atoms with van der Waals surface area (Å²) in [6.45, 7) is 16.8. The Labute approximate surface area is 725 Å². The first-order chi connectivity index (χ1) is 58.3. The summed E-state index contributed by atoms with van der Waals surface area (Å²) in [7, 11) is 0. The molecule has 0 unspecified atom stereocenters. The molecule has 0 aromatic heterocycles. The average molecular weight is 1710 g/mol. The molecule has 0 aliphatic heterocycles. The van der Waals surface area contributed by atoms with Crippen molar-refractivity contribution in [3.05, 3.63) is 108 Å². The van der Waals surface area contributed by atoms with Crippen LogP contribution < -0.4 is 110 Å². The number of hydrogen-bond acceptors (Lipinski definition) is 20. The SMILES string of the molecule is CCCC(CCC)(NC(=O)[C@H](Cc1ccccc1)NC(=O)C(Cc1ccccc1)(Cc1ccccc1)NC(=O)[C@@H](NC(=O)C(CC(C)C)(CC(C)C)NC(=O)[C@H](CCCCN)NC(=O)[C@H](CCCCN)NC(=O)[C@H](CCCCN)NC(=O)[C@H](CCCCN)NC(=O)[C@H](CCCCN)NC(=O)[C@H](CCCCN)NC(=O)[C@@H](N)CCCCN)C(C)C)C(N)=O. The van der Waals surface area contributed by atoms with E-state index in [-0.39, 0.29) is 128 Å². The van der Waals surface area contributed by atoms with Crippen LogP contribution in [0.15, 0.2) is 91.0 Å². The molecule has 29 N–H and O–H groups in total. The molecule has 0 radical (unpaired) electrons. The number of unbranched alkanes of at least 4 members (excludes halogenated alkanes) is 7. The van der Waals surface area contributed by atoms with Gasteiger partial charge in [0, 0.05) is 19.3 Å². The highest BCUT2D eigenvalue weighted by molar-refractivity contribution is 6.02. The van der Waals surface area contributed by atoms with Crippen LogP contribution in [0.5, 0.6) is 0 Å². The Balaban J connectivity index is 2.19. The maximum absolute atomic E-state index is 16.1. The fraction of sp³-hybridized carbons (Fsp3) is 0.667. The Kier molecular flexibility index (Phi) is 51.8. The number of nitrogens with two attached hydrogens (primary N) is 9. The molecule has 3 rings (SSSR count). The number of carbonyl (C=O) groups is 12. The fourth-order valence-electron chi connectivity index (χ4n) is 15.5. The lowest BCUT2D eigenvalue weighted by molar-refractivity contribution is -0.141. The first kappa shape index (κ1) is 107. The lowest BCUT2D eigenvalue weighted by atomic mass is 9.80. The molecule has 0 aliphatic carbocycles. The van der Waals surface area contributed by atoms with Crippen molar-refractivity contribution in [1.82, 2.24) is 58.5 Å². The van der Waals surface area contributed by atoms with E-state index in [1.54, 1.807) is 50.2 Å². The summed E-state index contributed by atoms with van der Waals surface area (Å²) in [5, 5.41) is 32.5. The van der Waals surface area contributed by atoms with Gasteiger partial charge < -0.3 is 110 Å². The number of hydrogen-bond donors (Lipinski definition) is 20. The van der Waals surface area contributed by atoms with E-state index in [1.807, 2.05) is 96.1 Å². The van der Waals surface area contributed by atoms with Crippen LogP contribution in [0.3, 0.4) is 0 Å². The monoisotopic (exact) mass is 1710 g/mol. The smallest absolute Gasteiger partial charge is 0.247 e. The molecule has 0 saturated heterocycles. The average Bonchev–Trinajstić information content (AvgIpc) is 0.776. The predicted molar refractivity (Wildman–Crippen MR) is 480 cm³/mol. The Morgan fingerprint density at radius 1 is 0.311 bits per heavy atom. The highest BCUT2D eigenvalue weighted by atomic mass is 16.2. The zero-order valence-corrected chi connectivity index (χ0v) is 74.3. The highest BCUT2D eigenvalue weighted by Crippen LogP contribution is 2.30. The van der Waals surface area contributed by atoms with Gasteiger partial charge in [0.25, 0.3) is 0 Å². The minimum absolute atomic E-state index is 0.0177. The van der Waals surface area contributed by atoms with E-state index in [0.29, 0.717) is 139 Å². The van der Waals surface area contributed by atoms with E-state index in [0.717, 1.165) is 0 Å². The molecule has 686 valence electrons. The molecule has 12 amide bonds. The Morgan fingerprint density at radius 3 is 0.893 bits per heavy atom. The lowest BCUT2D eigenvalue weighted by Crippen LogP contribution is -2.69. The van der Waals surface area contributed by atoms with Crippen LogP contribution in [0.2, 0.25) is 0 Å². The number of nitrogens with one attached hydrogen (secondary N) is 11. The van der Waals surface area contributed by atoms with E-state index < -0.39 is 148 Å². The van der Waals surface area contributed by atoms with Crippen molar-refractivity contribution in [2.45, 2.75) is 319 Å². The molecule has 3 aromatic carbocycles. The first-order valence-electron chi connectivity index (χ1n) is 44.8. The van der Waals surface area contributed by atoms with Crippen LogP contribution in [-0.2, 0) is 76.8 Å². The first-order valence-corrected chi connectivity index (χ1v) is 44.8. The summed E-state index contributed by atoms with van der Waals surface area (Å²) in [6.07, 6.45) is 8.34. The van der Waals surface area contributed by atoms with E-state index in [9.17, 15) is 24.0 Å². The number of rotatable bonds is 66. The van der Waals surface area contributed by atoms with Crippen LogP contribution in [0.1, 0.15) is 245 Å². The summed E-state index contributed by atoms with van der Waals surface area (Å²) in [4.78, 5) is 180. The summed E-state index contributed by atoms with van der Waals surface area (Å²) in [5.74, 6) is -9.82. The topological polar surface area (TPSA) is 571 Å². The standard InChI is InChI=1S/C90H154N20O12/c1-9-47-88(48-10-2,85(99)120)108-83(118)74(56-64-34-14-11-15-35-64)106-86(121)90(59-65-36-16-12-17-37-65,60-66-38-18-13-19-39-66)110-84(119)75(63(7)8)107-87(122)89(57-61(3)4,58-62(5)6)109-82(117)73(46-26-33-55-97)105-81(116)72(45-25-32-54-96)104-80(115)71(44-24-31-53-95)103-79(114)70(43-23-30-52-94)102-78(113)69(42-22-29-51-93)101-77(112)68(41-21-28-50-92)100-76(111)67(98)40-20-27-49-91/h11-19,34-39,61-63,67-75H,9-10,20-33,40-60,91-98H2,1-8H3,(H2,99,120)(H,100,111)(H,101,112)(H,102,113)(H,103,114)(H,104,115)(H,105,116)(H,106,121)(H,107,122)(H,108,118)(H,109,117)(H,110,119)/t67-,68-,69-,70-,71-,72-,73-,74-,75-/m0/s1. The maximum atomic E-state index is 16.1. The minimum Gasteiger partial charge on any atom is -0.368 e. The molecule has 0 aliphatic rings. The van der Waals surface area contributed by atoms with Crippen molar-refractivity contribution >= 4 is 70.9 Å². The third-order valence-electron chi connectivity index (χ3n) is 21.9. The third kappa shape index (κ3) is 38.4. The van der Waals surface area contributed by atoms with Crippen LogP contribution in [0, 0.1) is 17.8 Å². The van der Waals surface area contributed by atoms with Crippen molar-refractivity contribution in [3.63, 3.8) is 0 Å². The van der Waals surface area contributed by atoms with Gasteiger partial charge in [-0.05, 0) is 234 Å². The van der Waals surface area contributed by atoms with Gasteiger partial charge in [-0.2, -0.15) is 0 Å². The molecular weight excluding hydrogens is 1550 g/mol. The van der Waals surface area contributed by atoms with Crippen LogP contribution in [-0.4, -0.2) is 188 Å². The Morgan fingerprint density at radius 2 is 0.590 bits per heavy atom. The van der Waals surface area contributed by atoms with Gasteiger partial charge in [-0.1, -0.05) is 166 Å². The minimum atomic E-state index is -1.91. The van der Waals surface area contributed by atoms with E-state index in [4.69, 9.17) is 51.6 Å². The molecule has 0 saturated carbocycles. The van der Waals surface area contributed by atoms with Gasteiger partial charge in [0.1, 0.15) is 65.0 Å². The number of primary amides is 1. The van der Waals surface area contributed by atoms with Gasteiger partial charge >= 0.3 is 0 Å². The molecule has 0 spiro atoms. The van der Waals surface area contributed by atoms with Gasteiger partial charge in [-0.15, -0.1) is 0 Å². The predicted octanol–water partition coefficient (Wildman–Crippen LogP) is 3.22. The summed E-state index contributed by atoms with van der Waals surface area (Å²) in [6, 6.07) is 15.9. The second-order valence-electron chi connectivity index (χ2n) is 34.0. The van der Waals surface area contributed by atoms with Gasteiger partial charge in [0.15, 0.2) is 0 Å². The van der Waals surface area contributed by atoms with E-state index in [2.05, 4.69) is 58.5 Å². The Hall–Kier alpha value is -9.02. The normalized spacial score (nSPS) is 14.0. The lowest BCUT2D eigenvalue weighted by Gasteiger charge is -2.40. The molecule has 9 atom stereocenters. The quantitative estimate of drug-likeness (QED) is 0.0361. The largest absolute Gasteiger partial charge is 0.368 e. The van der Waals surface area contributed by atoms with Gasteiger partial charge in [-0.3, -0.25) is 57.5 Å². The molecule has 3 aromatic rings. The van der Waals surface area contributed by atoms with Gasteiger partial charge in [0.2, 0.25) is 70.9 Å². The van der Waals surface area contributed by atoms with Crippen molar-refractivity contribution < 1.29 is 57.5 Å². The molecule has 0 bridgehead atoms. The molecule has 0 fully saturated rings. The number of carbonyl (C=O) groups excluding carboxylic acids is 12. The van der Waals surface area contributed by atoms with Crippen molar-refractivity contribution in [3.8, 4) is 0 Å². The van der Waals surface area contributed by atoms with E-state index >= 15 is 33.6 Å². The maximum Gasteiger partial charge on any atom is 0.247 e. The Bertz CT molecular complexity index is 3540. The fourth-order valence-corrected chi connectivity index (χ4v) is 15.5. The third-order valence-corrected chi connectivity index (χ3v) is 21.9. The molecule has 32 nitrogen and oxygen atoms in total. The van der Waals surface area contributed by atoms with E-state index in [1.165, 1.54) is 0 Å². The van der Waals surface area contributed by atoms with Crippen LogP contribution in [0.25, 0.3) is 0 Å². The van der Waals surface area contributed by atoms with Crippen LogP contribution >= 0.6 is 0 Å². The molecule has 122 heavy (non-hydrogen) atoms. The zero-order valence-electron chi connectivity index (χ0n) is 74.3. The number of amides is 12. The van der Waals surface area contributed by atoms with Crippen LogP contribution in [0.4, 0.5) is 0 Å². The van der Waals surface area contributed by atoms with Gasteiger partial charge in [-0.25, -0.2) is 0 Å². The highest BCUT2D eigenvalue weighted by Gasteiger charge is 2.49. The summed E-state index contributed by atoms with van der Waals surface area (Å²) < 4.78 is 0.